The lowest BCUT2D eigenvalue weighted by atomic mass is 9.90. The highest BCUT2D eigenvalue weighted by Crippen LogP contribution is 2.40. The Morgan fingerprint density at radius 3 is 1.38 bits per heavy atom. The van der Waals surface area contributed by atoms with Crippen LogP contribution < -0.4 is 4.90 Å². The van der Waals surface area contributed by atoms with E-state index in [0.29, 0.717) is 0 Å². The Kier molecular flexibility index (Phi) is 7.50. The smallest absolute Gasteiger partial charge is 0.0496 e. The van der Waals surface area contributed by atoms with Crippen molar-refractivity contribution < 1.29 is 0 Å². The quantitative estimate of drug-likeness (QED) is 0.200. The molecule has 0 heterocycles. The number of benzene rings is 5. The molecule has 6 rings (SSSR count). The zero-order chi connectivity index (χ0) is 26.3. The van der Waals surface area contributed by atoms with E-state index >= 15 is 0 Å². The molecular formula is C38H33N. The third-order valence-corrected chi connectivity index (χ3v) is 7.45. The summed E-state index contributed by atoms with van der Waals surface area (Å²) in [6.45, 7) is 0. The average molecular weight is 504 g/mol. The summed E-state index contributed by atoms with van der Waals surface area (Å²) in [5.74, 6) is 0. The Hall–Kier alpha value is -4.62. The molecular weight excluding hydrogens is 470 g/mol. The minimum atomic E-state index is 1.14. The lowest BCUT2D eigenvalue weighted by Gasteiger charge is -2.30. The second-order valence-electron chi connectivity index (χ2n) is 10.1. The van der Waals surface area contributed by atoms with Gasteiger partial charge in [0, 0.05) is 17.1 Å². The van der Waals surface area contributed by atoms with Crippen molar-refractivity contribution in [2.45, 2.75) is 25.7 Å². The minimum absolute atomic E-state index is 1.14. The first-order valence-electron chi connectivity index (χ1n) is 13.9. The Morgan fingerprint density at radius 1 is 0.410 bits per heavy atom. The molecule has 1 aliphatic carbocycles. The van der Waals surface area contributed by atoms with Crippen molar-refractivity contribution in [2.24, 2.45) is 0 Å². The molecule has 0 bridgehead atoms. The molecule has 1 heteroatoms. The molecule has 1 aliphatic rings. The molecule has 0 aromatic heterocycles. The maximum absolute atomic E-state index is 2.43. The SMILES string of the molecule is C(=Cc1ccc(N(c2ccc(C=Cc3ccccc3)cc2)c2cccc3c2CCCC3)cc1)c1ccccc1. The monoisotopic (exact) mass is 503 g/mol. The first-order chi connectivity index (χ1) is 19.3. The molecule has 0 spiro atoms. The van der Waals surface area contributed by atoms with Crippen molar-refractivity contribution in [1.82, 2.24) is 0 Å². The van der Waals surface area contributed by atoms with Gasteiger partial charge in [-0.2, -0.15) is 0 Å². The third kappa shape index (κ3) is 5.94. The minimum Gasteiger partial charge on any atom is -0.310 e. The maximum Gasteiger partial charge on any atom is 0.0496 e. The number of fused-ring (bicyclic) bond motifs is 1. The van der Waals surface area contributed by atoms with Crippen LogP contribution in [0.5, 0.6) is 0 Å². The lowest BCUT2D eigenvalue weighted by Crippen LogP contribution is -2.15. The molecule has 0 radical (unpaired) electrons. The van der Waals surface area contributed by atoms with Crippen molar-refractivity contribution >= 4 is 41.4 Å². The summed E-state index contributed by atoms with van der Waals surface area (Å²) in [6.07, 6.45) is 13.5. The van der Waals surface area contributed by atoms with Crippen molar-refractivity contribution in [2.75, 3.05) is 4.90 Å². The van der Waals surface area contributed by atoms with Gasteiger partial charge in [-0.15, -0.1) is 0 Å². The highest BCUT2D eigenvalue weighted by molar-refractivity contribution is 5.81. The standard InChI is InChI=1S/C38H33N/c1-3-10-30(11-4-1)18-20-32-22-26-35(27-23-32)39(38-17-9-15-34-14-7-8-16-37(34)38)36-28-24-33(25-29-36)21-19-31-12-5-2-6-13-31/h1-6,9-13,15,17-29H,7-8,14,16H2. The van der Waals surface area contributed by atoms with Crippen LogP contribution in [0.25, 0.3) is 24.3 Å². The highest BCUT2D eigenvalue weighted by atomic mass is 15.1. The van der Waals surface area contributed by atoms with E-state index in [-0.39, 0.29) is 0 Å². The molecule has 39 heavy (non-hydrogen) atoms. The predicted octanol–water partition coefficient (Wildman–Crippen LogP) is 10.4. The van der Waals surface area contributed by atoms with E-state index in [0.717, 1.165) is 6.42 Å². The van der Waals surface area contributed by atoms with Gasteiger partial charge >= 0.3 is 0 Å². The van der Waals surface area contributed by atoms with Gasteiger partial charge in [-0.25, -0.2) is 0 Å². The first kappa shape index (κ1) is 24.7. The fourth-order valence-corrected chi connectivity index (χ4v) is 5.38. The van der Waals surface area contributed by atoms with Gasteiger partial charge in [-0.3, -0.25) is 0 Å². The molecule has 0 saturated carbocycles. The number of rotatable bonds is 7. The normalized spacial score (nSPS) is 13.0. The Labute approximate surface area is 232 Å². The number of anilines is 3. The van der Waals surface area contributed by atoms with Gasteiger partial charge in [0.1, 0.15) is 0 Å². The van der Waals surface area contributed by atoms with Gasteiger partial charge < -0.3 is 4.90 Å². The summed E-state index contributed by atoms with van der Waals surface area (Å²) >= 11 is 0. The van der Waals surface area contributed by atoms with Crippen LogP contribution in [-0.2, 0) is 12.8 Å². The van der Waals surface area contributed by atoms with Gasteiger partial charge in [0.15, 0.2) is 0 Å². The van der Waals surface area contributed by atoms with E-state index in [1.54, 1.807) is 0 Å². The zero-order valence-electron chi connectivity index (χ0n) is 22.2. The van der Waals surface area contributed by atoms with Crippen molar-refractivity contribution in [3.8, 4) is 0 Å². The van der Waals surface area contributed by atoms with E-state index in [1.807, 2.05) is 0 Å². The van der Waals surface area contributed by atoms with Gasteiger partial charge in [0.2, 0.25) is 0 Å². The Balaban J connectivity index is 1.33. The largest absolute Gasteiger partial charge is 0.310 e. The maximum atomic E-state index is 2.43. The molecule has 190 valence electrons. The van der Waals surface area contributed by atoms with Crippen LogP contribution in [-0.4, -0.2) is 0 Å². The molecule has 5 aromatic carbocycles. The Morgan fingerprint density at radius 2 is 0.872 bits per heavy atom. The van der Waals surface area contributed by atoms with Crippen molar-refractivity contribution in [1.29, 1.82) is 0 Å². The van der Waals surface area contributed by atoms with E-state index in [9.17, 15) is 0 Å². The molecule has 0 saturated heterocycles. The zero-order valence-corrected chi connectivity index (χ0v) is 22.2. The fourth-order valence-electron chi connectivity index (χ4n) is 5.38. The van der Waals surface area contributed by atoms with Gasteiger partial charge in [0.25, 0.3) is 0 Å². The predicted molar refractivity (Wildman–Crippen MR) is 169 cm³/mol. The number of hydrogen-bond acceptors (Lipinski definition) is 1. The molecule has 1 nitrogen and oxygen atoms in total. The van der Waals surface area contributed by atoms with Crippen LogP contribution in [0.3, 0.4) is 0 Å². The van der Waals surface area contributed by atoms with Crippen LogP contribution in [0.15, 0.2) is 127 Å². The number of hydrogen-bond donors (Lipinski definition) is 0. The Bertz CT molecular complexity index is 1470. The molecule has 0 fully saturated rings. The topological polar surface area (TPSA) is 3.24 Å². The van der Waals surface area contributed by atoms with E-state index in [2.05, 4.69) is 157 Å². The molecule has 0 unspecified atom stereocenters. The molecule has 0 amide bonds. The number of aryl methyl sites for hydroxylation is 1. The summed E-state index contributed by atoms with van der Waals surface area (Å²) in [5, 5.41) is 0. The second-order valence-corrected chi connectivity index (χ2v) is 10.1. The highest BCUT2D eigenvalue weighted by Gasteiger charge is 2.20. The summed E-state index contributed by atoms with van der Waals surface area (Å²) in [5.41, 5.74) is 11.4. The summed E-state index contributed by atoms with van der Waals surface area (Å²) < 4.78 is 0. The van der Waals surface area contributed by atoms with Crippen LogP contribution in [0.1, 0.15) is 46.2 Å². The van der Waals surface area contributed by atoms with Crippen LogP contribution in [0, 0.1) is 0 Å². The molecule has 0 aliphatic heterocycles. The van der Waals surface area contributed by atoms with Gasteiger partial charge in [0.05, 0.1) is 0 Å². The summed E-state index contributed by atoms with van der Waals surface area (Å²) in [4.78, 5) is 2.43. The second kappa shape index (κ2) is 11.8. The summed E-state index contributed by atoms with van der Waals surface area (Å²) in [6, 6.07) is 45.6. The van der Waals surface area contributed by atoms with Crippen molar-refractivity contribution in [3.05, 3.63) is 161 Å². The van der Waals surface area contributed by atoms with E-state index < -0.39 is 0 Å². The van der Waals surface area contributed by atoms with Crippen molar-refractivity contribution in [3.63, 3.8) is 0 Å². The van der Waals surface area contributed by atoms with Gasteiger partial charge in [-0.05, 0) is 89.4 Å². The van der Waals surface area contributed by atoms with Crippen LogP contribution in [0.4, 0.5) is 17.1 Å². The average Bonchev–Trinajstić information content (AvgIpc) is 3.01. The van der Waals surface area contributed by atoms with E-state index in [1.165, 1.54) is 69.7 Å². The van der Waals surface area contributed by atoms with Crippen LogP contribution >= 0.6 is 0 Å². The van der Waals surface area contributed by atoms with E-state index in [4.69, 9.17) is 0 Å². The molecule has 0 atom stereocenters. The molecule has 0 N–H and O–H groups in total. The summed E-state index contributed by atoms with van der Waals surface area (Å²) in [7, 11) is 0. The molecule has 5 aromatic rings. The fraction of sp³-hybridized carbons (Fsp3) is 0.105. The van der Waals surface area contributed by atoms with Crippen LogP contribution in [0.2, 0.25) is 0 Å². The number of nitrogens with zero attached hydrogens (tertiary/aromatic N) is 1. The van der Waals surface area contributed by atoms with Gasteiger partial charge in [-0.1, -0.05) is 121 Å². The first-order valence-corrected chi connectivity index (χ1v) is 13.9. The lowest BCUT2D eigenvalue weighted by molar-refractivity contribution is 0.686. The third-order valence-electron chi connectivity index (χ3n) is 7.45.